The highest BCUT2D eigenvalue weighted by Crippen LogP contribution is 2.46. The monoisotopic (exact) mass is 628 g/mol. The molecule has 4 aromatic carbocycles. The number of hydrogen-bond acceptors (Lipinski definition) is 7. The number of benzene rings is 4. The number of aryl methyl sites for hydroxylation is 1. The molecule has 2 bridgehead atoms. The van der Waals surface area contributed by atoms with Gasteiger partial charge in [0.2, 0.25) is 0 Å². The van der Waals surface area contributed by atoms with Crippen LogP contribution in [0.3, 0.4) is 0 Å². The molecule has 2 aliphatic carbocycles. The van der Waals surface area contributed by atoms with Crippen molar-refractivity contribution < 1.29 is 31.5 Å². The molecule has 0 saturated carbocycles. The number of fused-ring (bicyclic) bond motifs is 6. The van der Waals surface area contributed by atoms with Crippen LogP contribution in [0.25, 0.3) is 0 Å². The van der Waals surface area contributed by atoms with Crippen molar-refractivity contribution in [2.75, 3.05) is 27.4 Å². The van der Waals surface area contributed by atoms with Crippen LogP contribution in [0.5, 0.6) is 23.0 Å². The van der Waals surface area contributed by atoms with Gasteiger partial charge in [0.1, 0.15) is 11.5 Å². The Morgan fingerprint density at radius 3 is 2.24 bits per heavy atom. The van der Waals surface area contributed by atoms with Crippen molar-refractivity contribution in [1.29, 1.82) is 0 Å². The second-order valence-electron chi connectivity index (χ2n) is 11.8. The zero-order valence-corrected chi connectivity index (χ0v) is 26.7. The third-order valence-corrected chi connectivity index (χ3v) is 10.2. The minimum absolute atomic E-state index is 0.118. The van der Waals surface area contributed by atoms with Gasteiger partial charge in [-0.05, 0) is 103 Å². The topological polar surface area (TPSA) is 80.3 Å². The lowest BCUT2D eigenvalue weighted by molar-refractivity contribution is 0.0879. The molecule has 0 N–H and O–H groups in total. The molecule has 0 amide bonds. The summed E-state index contributed by atoms with van der Waals surface area (Å²) in [6, 6.07) is 26.6. The Morgan fingerprint density at radius 1 is 0.733 bits per heavy atom. The van der Waals surface area contributed by atoms with Crippen molar-refractivity contribution in [2.24, 2.45) is 5.92 Å². The van der Waals surface area contributed by atoms with Crippen LogP contribution in [0.15, 0.2) is 89.8 Å². The van der Waals surface area contributed by atoms with Crippen LogP contribution in [0.4, 0.5) is 0 Å². The molecular weight excluding hydrogens is 588 g/mol. The van der Waals surface area contributed by atoms with E-state index in [0.717, 1.165) is 61.0 Å². The lowest BCUT2D eigenvalue weighted by Crippen LogP contribution is -2.21. The van der Waals surface area contributed by atoms with Crippen LogP contribution in [0, 0.1) is 5.92 Å². The summed E-state index contributed by atoms with van der Waals surface area (Å²) < 4.78 is 56.0. The predicted octanol–water partition coefficient (Wildman–Crippen LogP) is 7.29. The molecular formula is C37H40O7S. The fraction of sp³-hybridized carbons (Fsp3) is 0.351. The largest absolute Gasteiger partial charge is 0.493 e. The minimum atomic E-state index is -4.04. The molecule has 45 heavy (non-hydrogen) atoms. The Kier molecular flexibility index (Phi) is 9.61. The van der Waals surface area contributed by atoms with Crippen LogP contribution < -0.4 is 18.4 Å². The van der Waals surface area contributed by atoms with Crippen LogP contribution in [-0.2, 0) is 40.7 Å². The normalized spacial score (nSPS) is 17.6. The van der Waals surface area contributed by atoms with E-state index in [1.165, 1.54) is 11.1 Å². The zero-order chi connectivity index (χ0) is 31.2. The average molecular weight is 629 g/mol. The van der Waals surface area contributed by atoms with Crippen molar-refractivity contribution in [3.05, 3.63) is 113 Å². The first-order chi connectivity index (χ1) is 21.9. The molecule has 2 unspecified atom stereocenters. The molecule has 0 aromatic heterocycles. The predicted molar refractivity (Wildman–Crippen MR) is 173 cm³/mol. The van der Waals surface area contributed by atoms with E-state index in [4.69, 9.17) is 23.1 Å². The highest BCUT2D eigenvalue weighted by atomic mass is 32.2. The van der Waals surface area contributed by atoms with Crippen LogP contribution in [0.1, 0.15) is 53.0 Å². The summed E-state index contributed by atoms with van der Waals surface area (Å²) >= 11 is 0. The average Bonchev–Trinajstić information content (AvgIpc) is 3.05. The number of methoxy groups -OCH3 is 2. The molecule has 236 valence electrons. The second-order valence-corrected chi connectivity index (χ2v) is 13.3. The van der Waals surface area contributed by atoms with Crippen molar-refractivity contribution in [3.8, 4) is 23.0 Å². The zero-order valence-electron chi connectivity index (χ0n) is 25.9. The summed E-state index contributed by atoms with van der Waals surface area (Å²) in [6.07, 6.45) is 5.44. The van der Waals surface area contributed by atoms with Gasteiger partial charge in [-0.15, -0.1) is 0 Å². The summed E-state index contributed by atoms with van der Waals surface area (Å²) in [5, 5.41) is 0. The summed E-state index contributed by atoms with van der Waals surface area (Å²) in [6.45, 7) is 1.45. The number of rotatable bonds is 11. The van der Waals surface area contributed by atoms with Crippen molar-refractivity contribution in [2.45, 2.75) is 55.9 Å². The summed E-state index contributed by atoms with van der Waals surface area (Å²) in [5.41, 5.74) is 5.70. The molecule has 0 saturated heterocycles. The van der Waals surface area contributed by atoms with E-state index < -0.39 is 10.1 Å². The molecule has 6 rings (SSSR count). The first kappa shape index (κ1) is 31.0. The Bertz CT molecular complexity index is 1700. The molecule has 7 nitrogen and oxygen atoms in total. The fourth-order valence-corrected chi connectivity index (χ4v) is 7.58. The SMILES string of the molecule is COc1cc2c(cc1OCCOCc1ccccc1)CCC1CCC2Cc2ccc(OC)c(OS(=O)(=O)c3ccccc3)c2C1. The van der Waals surface area contributed by atoms with Crippen LogP contribution in [0.2, 0.25) is 0 Å². The Labute approximate surface area is 266 Å². The minimum Gasteiger partial charge on any atom is -0.493 e. The van der Waals surface area contributed by atoms with Gasteiger partial charge in [0, 0.05) is 5.56 Å². The fourth-order valence-electron chi connectivity index (χ4n) is 6.59. The summed E-state index contributed by atoms with van der Waals surface area (Å²) in [5.74, 6) is 2.79. The summed E-state index contributed by atoms with van der Waals surface area (Å²) in [7, 11) is -0.811. The molecule has 0 heterocycles. The standard InChI is InChI=1S/C37H40O7S/c1-40-34-18-17-29-22-28-15-13-26(21-33(29)37(34)44-45(38,39)31-11-7-4-8-12-31)14-16-30-23-36(35(41-2)24-32(28)30)43-20-19-42-25-27-9-5-3-6-10-27/h3-12,17-18,23-24,26,28H,13-16,19-22,25H2,1-2H3. The van der Waals surface area contributed by atoms with E-state index in [1.54, 1.807) is 44.6 Å². The third kappa shape index (κ3) is 7.13. The quantitative estimate of drug-likeness (QED) is 0.127. The Hall–Kier alpha value is -4.01. The third-order valence-electron chi connectivity index (χ3n) is 8.93. The first-order valence-electron chi connectivity index (χ1n) is 15.6. The van der Waals surface area contributed by atoms with Gasteiger partial charge in [0.25, 0.3) is 0 Å². The van der Waals surface area contributed by atoms with Gasteiger partial charge in [-0.1, -0.05) is 54.6 Å². The Morgan fingerprint density at radius 2 is 1.49 bits per heavy atom. The Balaban J connectivity index is 1.25. The van der Waals surface area contributed by atoms with Gasteiger partial charge >= 0.3 is 10.1 Å². The van der Waals surface area contributed by atoms with Crippen molar-refractivity contribution >= 4 is 10.1 Å². The molecule has 0 spiro atoms. The van der Waals surface area contributed by atoms with E-state index in [-0.39, 0.29) is 10.8 Å². The van der Waals surface area contributed by atoms with Gasteiger partial charge < -0.3 is 23.1 Å². The van der Waals surface area contributed by atoms with E-state index in [9.17, 15) is 8.42 Å². The van der Waals surface area contributed by atoms with Gasteiger partial charge in [-0.3, -0.25) is 0 Å². The molecule has 4 aromatic rings. The maximum atomic E-state index is 13.3. The highest BCUT2D eigenvalue weighted by molar-refractivity contribution is 7.87. The molecule has 2 aliphatic rings. The van der Waals surface area contributed by atoms with E-state index >= 15 is 0 Å². The van der Waals surface area contributed by atoms with E-state index in [0.29, 0.717) is 43.0 Å². The smallest absolute Gasteiger partial charge is 0.339 e. The van der Waals surface area contributed by atoms with Gasteiger partial charge in [0.15, 0.2) is 23.0 Å². The van der Waals surface area contributed by atoms with Crippen LogP contribution in [-0.4, -0.2) is 35.9 Å². The summed E-state index contributed by atoms with van der Waals surface area (Å²) in [4.78, 5) is 0.118. The molecule has 8 heteroatoms. The van der Waals surface area contributed by atoms with E-state index in [2.05, 4.69) is 18.2 Å². The lowest BCUT2D eigenvalue weighted by Gasteiger charge is -2.33. The van der Waals surface area contributed by atoms with Gasteiger partial charge in [0.05, 0.1) is 27.4 Å². The number of hydrogen-bond donors (Lipinski definition) is 0. The first-order valence-corrected chi connectivity index (χ1v) is 17.0. The van der Waals surface area contributed by atoms with Gasteiger partial charge in [-0.2, -0.15) is 8.42 Å². The van der Waals surface area contributed by atoms with E-state index in [1.807, 2.05) is 36.4 Å². The van der Waals surface area contributed by atoms with Gasteiger partial charge in [-0.25, -0.2) is 0 Å². The molecule has 0 fully saturated rings. The maximum absolute atomic E-state index is 13.3. The highest BCUT2D eigenvalue weighted by Gasteiger charge is 2.31. The molecule has 2 atom stereocenters. The second kappa shape index (κ2) is 14.0. The maximum Gasteiger partial charge on any atom is 0.339 e. The van der Waals surface area contributed by atoms with Crippen molar-refractivity contribution in [3.63, 3.8) is 0 Å². The van der Waals surface area contributed by atoms with Crippen LogP contribution >= 0.6 is 0 Å². The number of ether oxygens (including phenoxy) is 4. The molecule has 0 aliphatic heterocycles. The van der Waals surface area contributed by atoms with Crippen molar-refractivity contribution in [1.82, 2.24) is 0 Å². The lowest BCUT2D eigenvalue weighted by atomic mass is 9.73. The molecule has 0 radical (unpaired) electrons.